The average Bonchev–Trinajstić information content (AvgIpc) is 2.55. The molecular formula is C16H12BN3O2. The minimum atomic E-state index is -0.566. The van der Waals surface area contributed by atoms with Gasteiger partial charge in [-0.25, -0.2) is 0 Å². The maximum Gasteiger partial charge on any atom is 0.346 e. The van der Waals surface area contributed by atoms with Crippen molar-refractivity contribution in [1.29, 1.82) is 0 Å². The standard InChI is InChI=1S/C16H12BN3O2/c21-16-8-19-20-15-6-11(3-4-13(15)16)10-1-2-12-7-18-9-17(22)14(12)5-10/h1-8,22H,9H2,(H,20,21). The summed E-state index contributed by atoms with van der Waals surface area (Å²) in [6.07, 6.45) is 3.51. The topological polar surface area (TPSA) is 78.6 Å². The number of aromatic nitrogens is 2. The zero-order chi connectivity index (χ0) is 15.1. The zero-order valence-electron chi connectivity index (χ0n) is 11.6. The normalized spacial score (nSPS) is 13.4. The van der Waals surface area contributed by atoms with Crippen LogP contribution >= 0.6 is 0 Å². The van der Waals surface area contributed by atoms with E-state index in [1.807, 2.05) is 36.4 Å². The monoisotopic (exact) mass is 289 g/mol. The van der Waals surface area contributed by atoms with Crippen molar-refractivity contribution >= 4 is 29.5 Å². The molecule has 0 atom stereocenters. The second-order valence-electron chi connectivity index (χ2n) is 5.32. The van der Waals surface area contributed by atoms with Gasteiger partial charge in [0, 0.05) is 18.0 Å². The number of benzene rings is 2. The fourth-order valence-corrected chi connectivity index (χ4v) is 2.74. The first kappa shape index (κ1) is 13.0. The van der Waals surface area contributed by atoms with Crippen LogP contribution in [0.2, 0.25) is 0 Å². The summed E-state index contributed by atoms with van der Waals surface area (Å²) in [6.45, 7) is -0.566. The summed E-state index contributed by atoms with van der Waals surface area (Å²) >= 11 is 0. The van der Waals surface area contributed by atoms with Crippen molar-refractivity contribution < 1.29 is 10.1 Å². The third-order valence-electron chi connectivity index (χ3n) is 3.91. The van der Waals surface area contributed by atoms with Gasteiger partial charge in [0.2, 0.25) is 0 Å². The highest BCUT2D eigenvalue weighted by Crippen LogP contribution is 2.27. The van der Waals surface area contributed by atoms with Crippen molar-refractivity contribution in [2.45, 2.75) is 0 Å². The Kier molecular flexibility index (Phi) is 2.90. The molecule has 2 N–H and O–H groups in total. The van der Waals surface area contributed by atoms with Crippen molar-refractivity contribution in [3.05, 3.63) is 48.2 Å². The molecule has 22 heavy (non-hydrogen) atoms. The SMILES string of the molecule is OB1CN=Cc2ccc(-c3ccc4c(O)cnnc4c3)cc21. The Morgan fingerprint density at radius 2 is 1.86 bits per heavy atom. The Bertz CT molecular complexity index is 911. The quantitative estimate of drug-likeness (QED) is 0.659. The zero-order valence-corrected chi connectivity index (χ0v) is 11.6. The van der Waals surface area contributed by atoms with Crippen LogP contribution in [0.25, 0.3) is 22.0 Å². The van der Waals surface area contributed by atoms with Gasteiger partial charge in [0.15, 0.2) is 0 Å². The van der Waals surface area contributed by atoms with Gasteiger partial charge in [0.25, 0.3) is 0 Å². The Morgan fingerprint density at radius 3 is 2.77 bits per heavy atom. The van der Waals surface area contributed by atoms with Crippen LogP contribution in [-0.4, -0.2) is 39.9 Å². The first-order chi connectivity index (χ1) is 10.7. The predicted molar refractivity (Wildman–Crippen MR) is 86.7 cm³/mol. The predicted octanol–water partition coefficient (Wildman–Crippen LogP) is 1.16. The highest BCUT2D eigenvalue weighted by molar-refractivity contribution is 6.68. The summed E-state index contributed by atoms with van der Waals surface area (Å²) in [6, 6.07) is 11.5. The number of hydrogen-bond donors (Lipinski definition) is 2. The molecule has 2 aromatic carbocycles. The number of rotatable bonds is 1. The molecule has 2 heterocycles. The third kappa shape index (κ3) is 2.05. The highest BCUT2D eigenvalue weighted by atomic mass is 16.3. The minimum absolute atomic E-state index is 0.119. The van der Waals surface area contributed by atoms with Crippen molar-refractivity contribution in [3.8, 4) is 16.9 Å². The van der Waals surface area contributed by atoms with Crippen LogP contribution in [0.3, 0.4) is 0 Å². The number of fused-ring (bicyclic) bond motifs is 2. The van der Waals surface area contributed by atoms with Crippen LogP contribution < -0.4 is 5.46 Å². The van der Waals surface area contributed by atoms with Crippen LogP contribution in [0.5, 0.6) is 5.75 Å². The fourth-order valence-electron chi connectivity index (χ4n) is 2.74. The molecule has 6 heteroatoms. The maximum atomic E-state index is 10.1. The molecule has 1 aromatic heterocycles. The molecule has 0 spiro atoms. The summed E-state index contributed by atoms with van der Waals surface area (Å²) in [7, 11) is 0. The smallest absolute Gasteiger partial charge is 0.346 e. The van der Waals surface area contributed by atoms with Crippen molar-refractivity contribution in [2.24, 2.45) is 4.99 Å². The lowest BCUT2D eigenvalue weighted by Crippen LogP contribution is -2.39. The summed E-state index contributed by atoms with van der Waals surface area (Å²) in [5.74, 6) is 0.119. The largest absolute Gasteiger partial charge is 0.506 e. The van der Waals surface area contributed by atoms with Gasteiger partial charge in [0.05, 0.1) is 11.7 Å². The van der Waals surface area contributed by atoms with E-state index in [9.17, 15) is 10.1 Å². The van der Waals surface area contributed by atoms with Crippen molar-refractivity contribution in [1.82, 2.24) is 10.2 Å². The van der Waals surface area contributed by atoms with E-state index < -0.39 is 6.92 Å². The van der Waals surface area contributed by atoms with E-state index in [1.165, 1.54) is 6.20 Å². The van der Waals surface area contributed by atoms with Crippen LogP contribution in [0, 0.1) is 0 Å². The lowest BCUT2D eigenvalue weighted by molar-refractivity contribution is 0.478. The van der Waals surface area contributed by atoms with Gasteiger partial charge < -0.3 is 10.1 Å². The number of nitrogens with zero attached hydrogens (tertiary/aromatic N) is 3. The molecule has 3 aromatic rings. The lowest BCUT2D eigenvalue weighted by atomic mass is 9.58. The molecule has 0 unspecified atom stereocenters. The molecule has 4 rings (SSSR count). The molecule has 0 radical (unpaired) electrons. The third-order valence-corrected chi connectivity index (χ3v) is 3.91. The molecule has 1 aliphatic heterocycles. The van der Waals surface area contributed by atoms with Gasteiger partial charge in [-0.2, -0.15) is 10.2 Å². The first-order valence-electron chi connectivity index (χ1n) is 6.99. The number of hydrogen-bond acceptors (Lipinski definition) is 5. The number of aliphatic imine (C=N–C) groups is 1. The van der Waals surface area contributed by atoms with Gasteiger partial charge in [-0.1, -0.05) is 24.3 Å². The van der Waals surface area contributed by atoms with Crippen LogP contribution in [0.1, 0.15) is 5.56 Å². The number of aromatic hydroxyl groups is 1. The summed E-state index contributed by atoms with van der Waals surface area (Å²) in [4.78, 5) is 4.13. The molecule has 0 aliphatic carbocycles. The molecular weight excluding hydrogens is 277 g/mol. The second-order valence-corrected chi connectivity index (χ2v) is 5.32. The van der Waals surface area contributed by atoms with E-state index in [0.717, 1.165) is 22.2 Å². The summed E-state index contributed by atoms with van der Waals surface area (Å²) in [5.41, 5.74) is 4.41. The van der Waals surface area contributed by atoms with Crippen molar-refractivity contribution in [2.75, 3.05) is 6.44 Å². The van der Waals surface area contributed by atoms with Crippen LogP contribution in [0.4, 0.5) is 0 Å². The average molecular weight is 289 g/mol. The molecule has 0 fully saturated rings. The second kappa shape index (κ2) is 4.93. The van der Waals surface area contributed by atoms with E-state index in [2.05, 4.69) is 15.2 Å². The first-order valence-corrected chi connectivity index (χ1v) is 6.99. The Morgan fingerprint density at radius 1 is 1.05 bits per heavy atom. The van der Waals surface area contributed by atoms with Gasteiger partial charge in [-0.05, 0) is 34.3 Å². The molecule has 106 valence electrons. The summed E-state index contributed by atoms with van der Waals surface area (Å²) in [5, 5.41) is 28.3. The summed E-state index contributed by atoms with van der Waals surface area (Å²) < 4.78 is 0. The molecule has 5 nitrogen and oxygen atoms in total. The van der Waals surface area contributed by atoms with Gasteiger partial charge in [-0.3, -0.25) is 4.99 Å². The van der Waals surface area contributed by atoms with E-state index in [0.29, 0.717) is 17.3 Å². The van der Waals surface area contributed by atoms with Crippen LogP contribution in [0.15, 0.2) is 47.6 Å². The highest BCUT2D eigenvalue weighted by Gasteiger charge is 2.20. The Hall–Kier alpha value is -2.73. The minimum Gasteiger partial charge on any atom is -0.506 e. The van der Waals surface area contributed by atoms with Crippen LogP contribution in [-0.2, 0) is 0 Å². The van der Waals surface area contributed by atoms with E-state index in [1.54, 1.807) is 6.21 Å². The maximum absolute atomic E-state index is 10.1. The van der Waals surface area contributed by atoms with Gasteiger partial charge in [-0.15, -0.1) is 0 Å². The Balaban J connectivity index is 1.85. The lowest BCUT2D eigenvalue weighted by Gasteiger charge is -2.15. The molecule has 0 saturated heterocycles. The molecule has 0 amide bonds. The molecule has 1 aliphatic rings. The van der Waals surface area contributed by atoms with Crippen molar-refractivity contribution in [3.63, 3.8) is 0 Å². The van der Waals surface area contributed by atoms with Gasteiger partial charge >= 0.3 is 6.92 Å². The van der Waals surface area contributed by atoms with Gasteiger partial charge in [0.1, 0.15) is 5.75 Å². The van der Waals surface area contributed by atoms with E-state index in [4.69, 9.17) is 0 Å². The van der Waals surface area contributed by atoms with E-state index >= 15 is 0 Å². The Labute approximate surface area is 127 Å². The fraction of sp³-hybridized carbons (Fsp3) is 0.0625. The molecule has 0 bridgehead atoms. The molecule has 0 saturated carbocycles. The van der Waals surface area contributed by atoms with E-state index in [-0.39, 0.29) is 5.75 Å².